The third kappa shape index (κ3) is 3.92. The highest BCUT2D eigenvalue weighted by molar-refractivity contribution is 7.99. The molecule has 150 valence electrons. The van der Waals surface area contributed by atoms with Gasteiger partial charge in [-0.1, -0.05) is 50.7 Å². The number of aromatic nitrogens is 3. The largest absolute Gasteiger partial charge is 0.325 e. The van der Waals surface area contributed by atoms with Gasteiger partial charge in [0.25, 0.3) is 5.56 Å². The standard InChI is InChI=1S/C22H24N4O2S/c1-13-9-17(15-7-5-6-8-16(15)23-13)24-20(28)14-11-26-19(27)10-18(22(2,3)4)25-21(26)29-12-14/h5-10,14H,11-12H2,1-4H3,(H,23,24,28)/t14-/m1/s1. The molecule has 0 radical (unpaired) electrons. The molecule has 1 amide bonds. The quantitative estimate of drug-likeness (QED) is 0.654. The molecule has 0 saturated carbocycles. The summed E-state index contributed by atoms with van der Waals surface area (Å²) < 4.78 is 1.61. The lowest BCUT2D eigenvalue weighted by Crippen LogP contribution is -2.37. The fourth-order valence-electron chi connectivity index (χ4n) is 3.40. The van der Waals surface area contributed by atoms with Gasteiger partial charge in [0, 0.05) is 34.9 Å². The number of amides is 1. The summed E-state index contributed by atoms with van der Waals surface area (Å²) in [4.78, 5) is 34.8. The number of fused-ring (bicyclic) bond motifs is 2. The molecule has 1 aliphatic rings. The summed E-state index contributed by atoms with van der Waals surface area (Å²) in [5.74, 6) is 0.193. The van der Waals surface area contributed by atoms with Crippen LogP contribution >= 0.6 is 11.8 Å². The number of carbonyl (C=O) groups is 1. The van der Waals surface area contributed by atoms with Gasteiger partial charge in [0.1, 0.15) is 0 Å². The molecule has 1 N–H and O–H groups in total. The molecular formula is C22H24N4O2S. The maximum absolute atomic E-state index is 13.0. The molecule has 1 atom stereocenters. The van der Waals surface area contributed by atoms with Crippen LogP contribution in [0, 0.1) is 12.8 Å². The fraction of sp³-hybridized carbons (Fsp3) is 0.364. The van der Waals surface area contributed by atoms with Gasteiger partial charge in [-0.05, 0) is 19.1 Å². The van der Waals surface area contributed by atoms with Crippen molar-refractivity contribution in [1.82, 2.24) is 14.5 Å². The van der Waals surface area contributed by atoms with Gasteiger partial charge in [0.05, 0.1) is 22.8 Å². The van der Waals surface area contributed by atoms with Gasteiger partial charge in [0.15, 0.2) is 5.16 Å². The lowest BCUT2D eigenvalue weighted by atomic mass is 9.92. The predicted molar refractivity (Wildman–Crippen MR) is 117 cm³/mol. The number of benzene rings is 1. The Bertz CT molecular complexity index is 1160. The van der Waals surface area contributed by atoms with E-state index < -0.39 is 0 Å². The van der Waals surface area contributed by atoms with Crippen molar-refractivity contribution in [3.05, 3.63) is 58.1 Å². The molecule has 1 aliphatic heterocycles. The Labute approximate surface area is 173 Å². The highest BCUT2D eigenvalue weighted by atomic mass is 32.2. The minimum absolute atomic E-state index is 0.0919. The van der Waals surface area contributed by atoms with Crippen molar-refractivity contribution in [2.45, 2.75) is 44.8 Å². The molecule has 2 aromatic heterocycles. The Hall–Kier alpha value is -2.67. The van der Waals surface area contributed by atoms with Crippen molar-refractivity contribution in [3.8, 4) is 0 Å². The van der Waals surface area contributed by atoms with Crippen molar-refractivity contribution in [2.75, 3.05) is 11.1 Å². The number of anilines is 1. The van der Waals surface area contributed by atoms with Crippen LogP contribution in [-0.2, 0) is 16.8 Å². The number of carbonyl (C=O) groups excluding carboxylic acids is 1. The Kier molecular flexibility index (Phi) is 4.94. The highest BCUT2D eigenvalue weighted by Gasteiger charge is 2.29. The van der Waals surface area contributed by atoms with Crippen LogP contribution in [0.2, 0.25) is 0 Å². The maximum atomic E-state index is 13.0. The first-order valence-electron chi connectivity index (χ1n) is 9.65. The number of rotatable bonds is 2. The highest BCUT2D eigenvalue weighted by Crippen LogP contribution is 2.29. The zero-order valence-electron chi connectivity index (χ0n) is 17.0. The molecule has 3 heterocycles. The second-order valence-electron chi connectivity index (χ2n) is 8.45. The fourth-order valence-corrected chi connectivity index (χ4v) is 4.49. The van der Waals surface area contributed by atoms with Crippen molar-refractivity contribution < 1.29 is 4.79 Å². The molecular weight excluding hydrogens is 384 g/mol. The van der Waals surface area contributed by atoms with Crippen molar-refractivity contribution in [2.24, 2.45) is 5.92 Å². The Morgan fingerprint density at radius 1 is 1.21 bits per heavy atom. The molecule has 0 fully saturated rings. The van der Waals surface area contributed by atoms with Crippen LogP contribution in [0.5, 0.6) is 0 Å². The van der Waals surface area contributed by atoms with E-state index in [-0.39, 0.29) is 22.8 Å². The molecule has 6 nitrogen and oxygen atoms in total. The summed E-state index contributed by atoms with van der Waals surface area (Å²) in [5, 5.41) is 4.65. The minimum Gasteiger partial charge on any atom is -0.325 e. The number of hydrogen-bond donors (Lipinski definition) is 1. The number of nitrogens with zero attached hydrogens (tertiary/aromatic N) is 3. The molecule has 1 aromatic carbocycles. The van der Waals surface area contributed by atoms with Crippen LogP contribution in [0.25, 0.3) is 10.9 Å². The van der Waals surface area contributed by atoms with E-state index in [1.54, 1.807) is 10.6 Å². The average molecular weight is 409 g/mol. The van der Waals surface area contributed by atoms with Gasteiger partial charge in [-0.25, -0.2) is 4.98 Å². The second kappa shape index (κ2) is 7.30. The molecule has 0 aliphatic carbocycles. The van der Waals surface area contributed by atoms with Crippen LogP contribution in [-0.4, -0.2) is 26.2 Å². The summed E-state index contributed by atoms with van der Waals surface area (Å²) in [6.07, 6.45) is 0. The molecule has 7 heteroatoms. The van der Waals surface area contributed by atoms with E-state index in [0.29, 0.717) is 17.5 Å². The molecule has 0 spiro atoms. The molecule has 4 rings (SSSR count). The molecule has 0 saturated heterocycles. The second-order valence-corrected chi connectivity index (χ2v) is 9.44. The van der Waals surface area contributed by atoms with Gasteiger partial charge in [-0.2, -0.15) is 0 Å². The number of nitrogens with one attached hydrogen (secondary N) is 1. The van der Waals surface area contributed by atoms with E-state index in [9.17, 15) is 9.59 Å². The van der Waals surface area contributed by atoms with Gasteiger partial charge < -0.3 is 5.32 Å². The predicted octanol–water partition coefficient (Wildman–Crippen LogP) is 3.76. The number of aryl methyl sites for hydroxylation is 1. The zero-order valence-corrected chi connectivity index (χ0v) is 17.8. The van der Waals surface area contributed by atoms with Gasteiger partial charge in [-0.3, -0.25) is 19.1 Å². The van der Waals surface area contributed by atoms with E-state index in [1.165, 1.54) is 11.8 Å². The van der Waals surface area contributed by atoms with Crippen LogP contribution < -0.4 is 10.9 Å². The van der Waals surface area contributed by atoms with Crippen LogP contribution in [0.15, 0.2) is 46.3 Å². The first-order chi connectivity index (χ1) is 13.7. The van der Waals surface area contributed by atoms with Crippen LogP contribution in [0.1, 0.15) is 32.2 Å². The van der Waals surface area contributed by atoms with Gasteiger partial charge in [-0.15, -0.1) is 0 Å². The third-order valence-corrected chi connectivity index (χ3v) is 6.17. The van der Waals surface area contributed by atoms with Gasteiger partial charge >= 0.3 is 0 Å². The van der Waals surface area contributed by atoms with E-state index >= 15 is 0 Å². The smallest absolute Gasteiger partial charge is 0.254 e. The van der Waals surface area contributed by atoms with Gasteiger partial charge in [0.2, 0.25) is 5.91 Å². The Morgan fingerprint density at radius 3 is 2.72 bits per heavy atom. The zero-order chi connectivity index (χ0) is 20.8. The SMILES string of the molecule is Cc1cc(NC(=O)[C@H]2CSc3nc(C(C)(C)C)cc(=O)n3C2)c2ccccc2n1. The minimum atomic E-state index is -0.306. The number of hydrogen-bond acceptors (Lipinski definition) is 5. The number of thioether (sulfide) groups is 1. The van der Waals surface area contributed by atoms with E-state index in [1.807, 2.05) is 58.0 Å². The lowest BCUT2D eigenvalue weighted by molar-refractivity contribution is -0.119. The molecule has 0 unspecified atom stereocenters. The third-order valence-electron chi connectivity index (χ3n) is 5.03. The monoisotopic (exact) mass is 408 g/mol. The Balaban J connectivity index is 1.59. The summed E-state index contributed by atoms with van der Waals surface area (Å²) in [6, 6.07) is 11.2. The van der Waals surface area contributed by atoms with E-state index in [2.05, 4.69) is 15.3 Å². The van der Waals surface area contributed by atoms with Crippen LogP contribution in [0.3, 0.4) is 0 Å². The summed E-state index contributed by atoms with van der Waals surface area (Å²) >= 11 is 1.47. The number of para-hydroxylation sites is 1. The van der Waals surface area contributed by atoms with E-state index in [0.717, 1.165) is 28.0 Å². The summed E-state index contributed by atoms with van der Waals surface area (Å²) in [5.41, 5.74) is 2.93. The number of pyridine rings is 1. The maximum Gasteiger partial charge on any atom is 0.254 e. The first kappa shape index (κ1) is 19.6. The van der Waals surface area contributed by atoms with Crippen LogP contribution in [0.4, 0.5) is 5.69 Å². The Morgan fingerprint density at radius 2 is 1.97 bits per heavy atom. The van der Waals surface area contributed by atoms with Crippen molar-refractivity contribution >= 4 is 34.3 Å². The molecule has 29 heavy (non-hydrogen) atoms. The first-order valence-corrected chi connectivity index (χ1v) is 10.6. The lowest BCUT2D eigenvalue weighted by Gasteiger charge is -2.26. The summed E-state index contributed by atoms with van der Waals surface area (Å²) in [7, 11) is 0. The van der Waals surface area contributed by atoms with Crippen molar-refractivity contribution in [3.63, 3.8) is 0 Å². The molecule has 0 bridgehead atoms. The topological polar surface area (TPSA) is 76.9 Å². The van der Waals surface area contributed by atoms with E-state index in [4.69, 9.17) is 0 Å². The van der Waals surface area contributed by atoms with Crippen molar-refractivity contribution in [1.29, 1.82) is 0 Å². The molecule has 3 aromatic rings. The normalized spacial score (nSPS) is 16.5. The summed E-state index contributed by atoms with van der Waals surface area (Å²) in [6.45, 7) is 8.36. The average Bonchev–Trinajstić information content (AvgIpc) is 2.66.